The fraction of sp³-hybridized carbons (Fsp3) is 0.500. The Morgan fingerprint density at radius 2 is 2.32 bits per heavy atom. The standard InChI is InChI=1S/C14H16FNO3/c15-11-5-1-3-9-7-12(19-13(9)11)14(18)16-6-2-4-10(17)8-16/h1,3,5,10,12,17H,2,4,6-8H2. The maximum atomic E-state index is 13.5. The summed E-state index contributed by atoms with van der Waals surface area (Å²) in [5.41, 5.74) is 0.732. The molecule has 2 heterocycles. The number of carbonyl (C=O) groups is 1. The molecule has 1 saturated heterocycles. The van der Waals surface area contributed by atoms with Gasteiger partial charge in [0.1, 0.15) is 0 Å². The molecule has 1 aromatic rings. The van der Waals surface area contributed by atoms with Gasteiger partial charge in [0.25, 0.3) is 5.91 Å². The Morgan fingerprint density at radius 3 is 3.05 bits per heavy atom. The van der Waals surface area contributed by atoms with Gasteiger partial charge in [-0.25, -0.2) is 4.39 Å². The number of para-hydroxylation sites is 1. The first-order valence-corrected chi connectivity index (χ1v) is 6.56. The Labute approximate surface area is 110 Å². The molecule has 3 rings (SSSR count). The van der Waals surface area contributed by atoms with E-state index >= 15 is 0 Å². The van der Waals surface area contributed by atoms with Crippen molar-refractivity contribution in [3.8, 4) is 5.75 Å². The predicted molar refractivity (Wildman–Crippen MR) is 66.3 cm³/mol. The van der Waals surface area contributed by atoms with E-state index in [2.05, 4.69) is 0 Å². The SMILES string of the molecule is O=C(C1Cc2cccc(F)c2O1)N1CCCC(O)C1. The van der Waals surface area contributed by atoms with Gasteiger partial charge in [-0.1, -0.05) is 12.1 Å². The number of ether oxygens (including phenoxy) is 1. The van der Waals surface area contributed by atoms with E-state index in [0.717, 1.165) is 18.4 Å². The zero-order chi connectivity index (χ0) is 13.4. The Morgan fingerprint density at radius 1 is 1.47 bits per heavy atom. The van der Waals surface area contributed by atoms with E-state index in [1.165, 1.54) is 6.07 Å². The zero-order valence-corrected chi connectivity index (χ0v) is 10.5. The number of hydrogen-bond donors (Lipinski definition) is 1. The van der Waals surface area contributed by atoms with Crippen LogP contribution in [-0.2, 0) is 11.2 Å². The van der Waals surface area contributed by atoms with Crippen molar-refractivity contribution < 1.29 is 19.0 Å². The first-order valence-electron chi connectivity index (χ1n) is 6.56. The van der Waals surface area contributed by atoms with Gasteiger partial charge in [0.05, 0.1) is 6.10 Å². The van der Waals surface area contributed by atoms with Crippen molar-refractivity contribution >= 4 is 5.91 Å². The molecule has 2 aliphatic heterocycles. The highest BCUT2D eigenvalue weighted by atomic mass is 19.1. The number of amides is 1. The monoisotopic (exact) mass is 265 g/mol. The third-order valence-electron chi connectivity index (χ3n) is 3.70. The quantitative estimate of drug-likeness (QED) is 0.827. The molecule has 2 atom stereocenters. The van der Waals surface area contributed by atoms with Gasteiger partial charge in [0.2, 0.25) is 0 Å². The number of hydrogen-bond acceptors (Lipinski definition) is 3. The van der Waals surface area contributed by atoms with Crippen molar-refractivity contribution in [2.45, 2.75) is 31.5 Å². The smallest absolute Gasteiger partial charge is 0.264 e. The fourth-order valence-electron chi connectivity index (χ4n) is 2.73. The maximum absolute atomic E-state index is 13.5. The number of nitrogens with zero attached hydrogens (tertiary/aromatic N) is 1. The zero-order valence-electron chi connectivity index (χ0n) is 10.5. The van der Waals surface area contributed by atoms with Gasteiger partial charge in [0.15, 0.2) is 17.7 Å². The number of β-amino-alcohol motifs (C(OH)–C–C–N with tert-alkyl or cyclic N) is 1. The van der Waals surface area contributed by atoms with Crippen LogP contribution in [0.5, 0.6) is 5.75 Å². The second-order valence-electron chi connectivity index (χ2n) is 5.12. The van der Waals surface area contributed by atoms with E-state index in [1.54, 1.807) is 17.0 Å². The highest BCUT2D eigenvalue weighted by Gasteiger charge is 2.35. The minimum absolute atomic E-state index is 0.158. The number of piperidine rings is 1. The number of fused-ring (bicyclic) bond motifs is 1. The molecule has 1 fully saturated rings. The average molecular weight is 265 g/mol. The molecule has 0 aromatic heterocycles. The van der Waals surface area contributed by atoms with Crippen LogP contribution in [0.4, 0.5) is 4.39 Å². The fourth-order valence-corrected chi connectivity index (χ4v) is 2.73. The van der Waals surface area contributed by atoms with Gasteiger partial charge in [0, 0.05) is 25.1 Å². The topological polar surface area (TPSA) is 49.8 Å². The van der Waals surface area contributed by atoms with Crippen LogP contribution in [0.1, 0.15) is 18.4 Å². The summed E-state index contributed by atoms with van der Waals surface area (Å²) >= 11 is 0. The first kappa shape index (κ1) is 12.4. The normalized spacial score (nSPS) is 25.9. The number of carbonyl (C=O) groups excluding carboxylic acids is 1. The molecule has 0 aliphatic carbocycles. The lowest BCUT2D eigenvalue weighted by atomic mass is 10.1. The Hall–Kier alpha value is -1.62. The average Bonchev–Trinajstić information content (AvgIpc) is 2.83. The number of rotatable bonds is 1. The summed E-state index contributed by atoms with van der Waals surface area (Å²) in [6, 6.07) is 4.72. The van der Waals surface area contributed by atoms with Gasteiger partial charge >= 0.3 is 0 Å². The predicted octanol–water partition coefficient (Wildman–Crippen LogP) is 1.11. The van der Waals surface area contributed by atoms with Crippen LogP contribution in [0.15, 0.2) is 18.2 Å². The second kappa shape index (κ2) is 4.81. The molecule has 102 valence electrons. The van der Waals surface area contributed by atoms with Crippen LogP contribution in [0.2, 0.25) is 0 Å². The number of likely N-dealkylation sites (tertiary alicyclic amines) is 1. The van der Waals surface area contributed by atoms with Crippen molar-refractivity contribution in [3.05, 3.63) is 29.6 Å². The van der Waals surface area contributed by atoms with Crippen LogP contribution < -0.4 is 4.74 Å². The van der Waals surface area contributed by atoms with Crippen LogP contribution in [-0.4, -0.2) is 41.2 Å². The minimum atomic E-state index is -0.655. The van der Waals surface area contributed by atoms with Gasteiger partial charge in [-0.3, -0.25) is 4.79 Å². The molecular formula is C14H16FNO3. The van der Waals surface area contributed by atoms with Crippen molar-refractivity contribution in [2.75, 3.05) is 13.1 Å². The molecule has 19 heavy (non-hydrogen) atoms. The molecule has 0 bridgehead atoms. The van der Waals surface area contributed by atoms with E-state index in [0.29, 0.717) is 19.5 Å². The Kier molecular flexibility index (Phi) is 3.14. The van der Waals surface area contributed by atoms with Crippen LogP contribution >= 0.6 is 0 Å². The lowest BCUT2D eigenvalue weighted by molar-refractivity contribution is -0.141. The van der Waals surface area contributed by atoms with Crippen LogP contribution in [0.3, 0.4) is 0 Å². The summed E-state index contributed by atoms with van der Waals surface area (Å²) in [4.78, 5) is 13.9. The largest absolute Gasteiger partial charge is 0.477 e. The minimum Gasteiger partial charge on any atom is -0.477 e. The van der Waals surface area contributed by atoms with E-state index in [4.69, 9.17) is 4.74 Å². The summed E-state index contributed by atoms with van der Waals surface area (Å²) in [5, 5.41) is 9.59. The number of aliphatic hydroxyl groups excluding tert-OH is 1. The summed E-state index contributed by atoms with van der Waals surface area (Å²) in [5.74, 6) is -0.390. The molecule has 0 spiro atoms. The van der Waals surface area contributed by atoms with Gasteiger partial charge < -0.3 is 14.7 Å². The highest BCUT2D eigenvalue weighted by molar-refractivity contribution is 5.82. The number of halogens is 1. The van der Waals surface area contributed by atoms with Crippen molar-refractivity contribution in [2.24, 2.45) is 0 Å². The first-order chi connectivity index (χ1) is 9.15. The molecule has 5 heteroatoms. The lowest BCUT2D eigenvalue weighted by Crippen LogP contribution is -2.47. The number of aliphatic hydroxyl groups is 1. The highest BCUT2D eigenvalue weighted by Crippen LogP contribution is 2.32. The summed E-state index contributed by atoms with van der Waals surface area (Å²) in [6.45, 7) is 0.978. The molecule has 2 aliphatic rings. The molecule has 0 radical (unpaired) electrons. The van der Waals surface area contributed by atoms with Crippen molar-refractivity contribution in [3.63, 3.8) is 0 Å². The Bertz CT molecular complexity index is 505. The summed E-state index contributed by atoms with van der Waals surface area (Å²) in [7, 11) is 0. The molecule has 2 unspecified atom stereocenters. The Balaban J connectivity index is 1.72. The summed E-state index contributed by atoms with van der Waals surface area (Å²) < 4.78 is 19.0. The van der Waals surface area contributed by atoms with E-state index in [1.807, 2.05) is 0 Å². The van der Waals surface area contributed by atoms with Crippen molar-refractivity contribution in [1.82, 2.24) is 4.90 Å². The van der Waals surface area contributed by atoms with Gasteiger partial charge in [-0.05, 0) is 18.9 Å². The van der Waals surface area contributed by atoms with Gasteiger partial charge in [-0.2, -0.15) is 0 Å². The lowest BCUT2D eigenvalue weighted by Gasteiger charge is -2.31. The third kappa shape index (κ3) is 2.30. The third-order valence-corrected chi connectivity index (χ3v) is 3.70. The molecule has 0 saturated carbocycles. The number of benzene rings is 1. The van der Waals surface area contributed by atoms with E-state index in [-0.39, 0.29) is 11.7 Å². The van der Waals surface area contributed by atoms with Crippen LogP contribution in [0, 0.1) is 5.82 Å². The van der Waals surface area contributed by atoms with E-state index < -0.39 is 18.0 Å². The summed E-state index contributed by atoms with van der Waals surface area (Å²) in [6.07, 6.45) is 0.805. The van der Waals surface area contributed by atoms with Crippen molar-refractivity contribution in [1.29, 1.82) is 0 Å². The molecule has 1 amide bonds. The maximum Gasteiger partial charge on any atom is 0.264 e. The van der Waals surface area contributed by atoms with Crippen LogP contribution in [0.25, 0.3) is 0 Å². The molecule has 4 nitrogen and oxygen atoms in total. The molecular weight excluding hydrogens is 249 g/mol. The second-order valence-corrected chi connectivity index (χ2v) is 5.12. The van der Waals surface area contributed by atoms with Gasteiger partial charge in [-0.15, -0.1) is 0 Å². The van der Waals surface area contributed by atoms with E-state index in [9.17, 15) is 14.3 Å². The molecule has 1 aromatic carbocycles. The molecule has 1 N–H and O–H groups in total.